The van der Waals surface area contributed by atoms with Gasteiger partial charge in [0.25, 0.3) is 0 Å². The SMILES string of the molecule is CCOC(=O)C=C[C@@H](O[Si](C)(C)C(C)(C)C)[C@H](CCc1ccccc1)NC(=O)[C@H](Cc1ccccc1)NC(=O)OCc1ccccc1. The number of rotatable bonds is 16. The Kier molecular flexibility index (Phi) is 14.4. The van der Waals surface area contributed by atoms with Crippen molar-refractivity contribution in [1.29, 1.82) is 0 Å². The Bertz CT molecular complexity index is 1420. The number of esters is 1. The fourth-order valence-corrected chi connectivity index (χ4v) is 5.95. The van der Waals surface area contributed by atoms with Gasteiger partial charge in [0.05, 0.1) is 18.8 Å². The number of carbonyl (C=O) groups is 3. The molecule has 0 unspecified atom stereocenters. The van der Waals surface area contributed by atoms with Crippen molar-refractivity contribution >= 4 is 26.3 Å². The Balaban J connectivity index is 1.92. The van der Waals surface area contributed by atoms with Gasteiger partial charge < -0.3 is 24.5 Å². The maximum absolute atomic E-state index is 14.1. The van der Waals surface area contributed by atoms with Crippen molar-refractivity contribution in [3.05, 3.63) is 120 Å². The first-order chi connectivity index (χ1) is 22.4. The normalized spacial score (nSPS) is 13.7. The Morgan fingerprint density at radius 2 is 1.34 bits per heavy atom. The fraction of sp³-hybridized carbons (Fsp3) is 0.395. The Labute approximate surface area is 281 Å². The van der Waals surface area contributed by atoms with Crippen molar-refractivity contribution in [2.24, 2.45) is 0 Å². The van der Waals surface area contributed by atoms with E-state index in [-0.39, 0.29) is 30.6 Å². The van der Waals surface area contributed by atoms with Gasteiger partial charge in [0.15, 0.2) is 8.32 Å². The monoisotopic (exact) mass is 658 g/mol. The zero-order valence-corrected chi connectivity index (χ0v) is 29.5. The van der Waals surface area contributed by atoms with Crippen LogP contribution in [0, 0.1) is 0 Å². The molecular weight excluding hydrogens is 609 g/mol. The van der Waals surface area contributed by atoms with E-state index in [0.29, 0.717) is 12.8 Å². The molecule has 8 nitrogen and oxygen atoms in total. The number of carbonyl (C=O) groups excluding carboxylic acids is 3. The number of hydrogen-bond acceptors (Lipinski definition) is 6. The van der Waals surface area contributed by atoms with E-state index in [4.69, 9.17) is 13.9 Å². The number of hydrogen-bond donors (Lipinski definition) is 2. The van der Waals surface area contributed by atoms with Crippen LogP contribution in [0.2, 0.25) is 18.1 Å². The van der Waals surface area contributed by atoms with E-state index in [1.165, 1.54) is 6.08 Å². The third-order valence-electron chi connectivity index (χ3n) is 8.36. The van der Waals surface area contributed by atoms with Gasteiger partial charge in [-0.1, -0.05) is 112 Å². The molecule has 0 saturated carbocycles. The van der Waals surface area contributed by atoms with Crippen LogP contribution in [0.15, 0.2) is 103 Å². The lowest BCUT2D eigenvalue weighted by molar-refractivity contribution is -0.137. The van der Waals surface area contributed by atoms with Crippen molar-refractivity contribution in [1.82, 2.24) is 10.6 Å². The molecule has 0 heterocycles. The molecule has 252 valence electrons. The average molecular weight is 659 g/mol. The van der Waals surface area contributed by atoms with Crippen molar-refractivity contribution in [3.8, 4) is 0 Å². The van der Waals surface area contributed by atoms with E-state index in [2.05, 4.69) is 44.5 Å². The standard InChI is InChI=1S/C38H50N2O6Si/c1-7-44-35(41)26-25-34(46-47(5,6)38(2,3)4)32(24-23-29-17-11-8-12-18-29)39-36(42)33(27-30-19-13-9-14-20-30)40-37(43)45-28-31-21-15-10-16-22-31/h8-22,25-26,32-34H,7,23-24,27-28H2,1-6H3,(H,39,42)(H,40,43)/t32-,33-,34+/m0/s1. The second-order valence-electron chi connectivity index (χ2n) is 13.0. The number of nitrogens with one attached hydrogen (secondary N) is 2. The largest absolute Gasteiger partial charge is 0.463 e. The Morgan fingerprint density at radius 3 is 1.89 bits per heavy atom. The lowest BCUT2D eigenvalue weighted by Crippen LogP contribution is -2.55. The van der Waals surface area contributed by atoms with Gasteiger partial charge in [0.2, 0.25) is 5.91 Å². The fourth-order valence-electron chi connectivity index (χ4n) is 4.67. The highest BCUT2D eigenvalue weighted by Gasteiger charge is 2.41. The van der Waals surface area contributed by atoms with Gasteiger partial charge in [-0.2, -0.15) is 0 Å². The number of ether oxygens (including phenoxy) is 2. The van der Waals surface area contributed by atoms with Gasteiger partial charge in [-0.15, -0.1) is 0 Å². The quantitative estimate of drug-likeness (QED) is 0.0963. The summed E-state index contributed by atoms with van der Waals surface area (Å²) in [5, 5.41) is 5.87. The molecule has 0 aliphatic heterocycles. The molecule has 0 bridgehead atoms. The smallest absolute Gasteiger partial charge is 0.408 e. The molecule has 2 amide bonds. The van der Waals surface area contributed by atoms with E-state index < -0.39 is 38.6 Å². The minimum absolute atomic E-state index is 0.0765. The summed E-state index contributed by atoms with van der Waals surface area (Å²) in [5.41, 5.74) is 2.83. The van der Waals surface area contributed by atoms with Crippen LogP contribution in [0.5, 0.6) is 0 Å². The van der Waals surface area contributed by atoms with Crippen LogP contribution in [-0.4, -0.2) is 51.1 Å². The molecule has 0 saturated heterocycles. The molecule has 9 heteroatoms. The minimum atomic E-state index is -2.38. The summed E-state index contributed by atoms with van der Waals surface area (Å²) in [6.45, 7) is 12.8. The molecule has 0 aromatic heterocycles. The maximum Gasteiger partial charge on any atom is 0.408 e. The molecule has 3 rings (SSSR count). The summed E-state index contributed by atoms with van der Waals surface area (Å²) in [6, 6.07) is 27.4. The third-order valence-corrected chi connectivity index (χ3v) is 12.8. The minimum Gasteiger partial charge on any atom is -0.463 e. The predicted molar refractivity (Wildman–Crippen MR) is 188 cm³/mol. The van der Waals surface area contributed by atoms with Gasteiger partial charge in [-0.05, 0) is 60.7 Å². The van der Waals surface area contributed by atoms with Crippen LogP contribution < -0.4 is 10.6 Å². The van der Waals surface area contributed by atoms with E-state index in [1.54, 1.807) is 13.0 Å². The molecule has 0 fully saturated rings. The highest BCUT2D eigenvalue weighted by Crippen LogP contribution is 2.38. The highest BCUT2D eigenvalue weighted by molar-refractivity contribution is 6.74. The second kappa shape index (κ2) is 18.2. The van der Waals surface area contributed by atoms with E-state index in [9.17, 15) is 14.4 Å². The summed E-state index contributed by atoms with van der Waals surface area (Å²) >= 11 is 0. The van der Waals surface area contributed by atoms with Crippen LogP contribution in [-0.2, 0) is 42.9 Å². The lowest BCUT2D eigenvalue weighted by Gasteiger charge is -2.41. The van der Waals surface area contributed by atoms with Crippen molar-refractivity contribution < 1.29 is 28.3 Å². The Morgan fingerprint density at radius 1 is 0.787 bits per heavy atom. The Hall–Kier alpha value is -4.21. The molecule has 3 atom stereocenters. The van der Waals surface area contributed by atoms with Gasteiger partial charge in [0.1, 0.15) is 12.6 Å². The number of aryl methyl sites for hydroxylation is 1. The summed E-state index contributed by atoms with van der Waals surface area (Å²) in [7, 11) is -2.38. The summed E-state index contributed by atoms with van der Waals surface area (Å²) < 4.78 is 17.5. The number of benzene rings is 3. The summed E-state index contributed by atoms with van der Waals surface area (Å²) in [5.74, 6) is -0.855. The molecule has 3 aromatic carbocycles. The first-order valence-electron chi connectivity index (χ1n) is 16.3. The van der Waals surface area contributed by atoms with Gasteiger partial charge in [-0.25, -0.2) is 9.59 Å². The van der Waals surface area contributed by atoms with Crippen LogP contribution >= 0.6 is 0 Å². The molecule has 2 N–H and O–H groups in total. The summed E-state index contributed by atoms with van der Waals surface area (Å²) in [6.07, 6.45) is 3.19. The highest BCUT2D eigenvalue weighted by atomic mass is 28.4. The van der Waals surface area contributed by atoms with E-state index in [0.717, 1.165) is 16.7 Å². The molecule has 0 aliphatic rings. The van der Waals surface area contributed by atoms with E-state index >= 15 is 0 Å². The number of amides is 2. The molecular formula is C38H50N2O6Si. The third kappa shape index (κ3) is 12.8. The van der Waals surface area contributed by atoms with Crippen molar-refractivity contribution in [3.63, 3.8) is 0 Å². The first kappa shape index (κ1) is 37.2. The number of alkyl carbamates (subject to hydrolysis) is 1. The van der Waals surface area contributed by atoms with Crippen LogP contribution in [0.1, 0.15) is 50.8 Å². The zero-order chi connectivity index (χ0) is 34.3. The molecule has 47 heavy (non-hydrogen) atoms. The molecule has 3 aromatic rings. The zero-order valence-electron chi connectivity index (χ0n) is 28.5. The lowest BCUT2D eigenvalue weighted by atomic mass is 9.99. The first-order valence-corrected chi connectivity index (χ1v) is 19.2. The van der Waals surface area contributed by atoms with Crippen LogP contribution in [0.3, 0.4) is 0 Å². The van der Waals surface area contributed by atoms with Gasteiger partial charge in [0, 0.05) is 12.5 Å². The van der Waals surface area contributed by atoms with Gasteiger partial charge in [-0.3, -0.25) is 4.79 Å². The maximum atomic E-state index is 14.1. The topological polar surface area (TPSA) is 103 Å². The second-order valence-corrected chi connectivity index (χ2v) is 17.8. The molecule has 0 radical (unpaired) electrons. The van der Waals surface area contributed by atoms with Crippen LogP contribution in [0.25, 0.3) is 0 Å². The van der Waals surface area contributed by atoms with Crippen molar-refractivity contribution in [2.75, 3.05) is 6.61 Å². The van der Waals surface area contributed by atoms with Crippen molar-refractivity contribution in [2.45, 2.75) is 89.9 Å². The predicted octanol–water partition coefficient (Wildman–Crippen LogP) is 7.15. The molecule has 0 aliphatic carbocycles. The summed E-state index contributed by atoms with van der Waals surface area (Å²) in [4.78, 5) is 39.6. The van der Waals surface area contributed by atoms with E-state index in [1.807, 2.05) is 91.0 Å². The molecule has 0 spiro atoms. The van der Waals surface area contributed by atoms with Gasteiger partial charge >= 0.3 is 12.1 Å². The average Bonchev–Trinajstić information content (AvgIpc) is 3.04. The van der Waals surface area contributed by atoms with Crippen LogP contribution in [0.4, 0.5) is 4.79 Å².